The molecule has 0 aliphatic rings. The molecule has 5 heteroatoms. The molecule has 0 atom stereocenters. The monoisotopic (exact) mass is 234 g/mol. The lowest BCUT2D eigenvalue weighted by molar-refractivity contribution is 0.0602. The number of nitriles is 1. The van der Waals surface area contributed by atoms with Crippen LogP contribution in [0.15, 0.2) is 12.1 Å². The maximum absolute atomic E-state index is 11.3. The fourth-order valence-corrected chi connectivity index (χ4v) is 1.29. The summed E-state index contributed by atoms with van der Waals surface area (Å²) in [5, 5.41) is 8.60. The molecule has 4 nitrogen and oxygen atoms in total. The standard InChI is InChI=1S/C11H7ClN2O2/c1-16-11(15)8-5-7(3-2-4-13)9(12)6-10(8)14/h5-6H,14H2,1H3. The highest BCUT2D eigenvalue weighted by Gasteiger charge is 2.12. The molecule has 0 spiro atoms. The van der Waals surface area contributed by atoms with Crippen molar-refractivity contribution in [3.8, 4) is 17.9 Å². The molecule has 0 unspecified atom stereocenters. The highest BCUT2D eigenvalue weighted by Crippen LogP contribution is 2.23. The zero-order valence-electron chi connectivity index (χ0n) is 8.37. The van der Waals surface area contributed by atoms with Crippen LogP contribution in [0.4, 0.5) is 5.69 Å². The van der Waals surface area contributed by atoms with Crippen molar-refractivity contribution >= 4 is 23.3 Å². The van der Waals surface area contributed by atoms with Crippen molar-refractivity contribution in [2.75, 3.05) is 12.8 Å². The van der Waals surface area contributed by atoms with Crippen molar-refractivity contribution in [2.24, 2.45) is 0 Å². The van der Waals surface area contributed by atoms with Crippen LogP contribution in [0.1, 0.15) is 15.9 Å². The van der Waals surface area contributed by atoms with E-state index in [0.717, 1.165) is 0 Å². The van der Waals surface area contributed by atoms with E-state index in [2.05, 4.69) is 16.6 Å². The van der Waals surface area contributed by atoms with Crippen LogP contribution in [-0.4, -0.2) is 13.1 Å². The first kappa shape index (κ1) is 11.9. The molecule has 0 amide bonds. The topological polar surface area (TPSA) is 76.1 Å². The summed E-state index contributed by atoms with van der Waals surface area (Å²) in [5.41, 5.74) is 6.34. The highest BCUT2D eigenvalue weighted by atomic mass is 35.5. The van der Waals surface area contributed by atoms with Gasteiger partial charge in [-0.2, -0.15) is 5.26 Å². The van der Waals surface area contributed by atoms with Gasteiger partial charge < -0.3 is 10.5 Å². The number of ether oxygens (including phenoxy) is 1. The maximum atomic E-state index is 11.3. The molecule has 0 fully saturated rings. The lowest BCUT2D eigenvalue weighted by Crippen LogP contribution is -2.06. The fraction of sp³-hybridized carbons (Fsp3) is 0.0909. The Morgan fingerprint density at radius 1 is 1.56 bits per heavy atom. The van der Waals surface area contributed by atoms with Gasteiger partial charge in [-0.1, -0.05) is 11.6 Å². The molecule has 0 saturated carbocycles. The third-order valence-corrected chi connectivity index (χ3v) is 2.11. The Morgan fingerprint density at radius 3 is 2.81 bits per heavy atom. The third kappa shape index (κ3) is 2.44. The Hall–Kier alpha value is -2.17. The summed E-state index contributed by atoms with van der Waals surface area (Å²) in [6, 6.07) is 4.45. The third-order valence-electron chi connectivity index (χ3n) is 1.80. The number of halogens is 1. The van der Waals surface area contributed by atoms with Crippen molar-refractivity contribution in [1.82, 2.24) is 0 Å². The van der Waals surface area contributed by atoms with Gasteiger partial charge >= 0.3 is 5.97 Å². The predicted octanol–water partition coefficient (Wildman–Crippen LogP) is 1.58. The molecular weight excluding hydrogens is 228 g/mol. The summed E-state index contributed by atoms with van der Waals surface area (Å²) < 4.78 is 4.54. The summed E-state index contributed by atoms with van der Waals surface area (Å²) in [4.78, 5) is 11.3. The predicted molar refractivity (Wildman–Crippen MR) is 59.7 cm³/mol. The molecule has 0 heterocycles. The molecule has 0 saturated heterocycles. The van der Waals surface area contributed by atoms with Gasteiger partial charge in [-0.05, 0) is 18.1 Å². The number of nitrogens with zero attached hydrogens (tertiary/aromatic N) is 1. The van der Waals surface area contributed by atoms with Gasteiger partial charge in [-0.15, -0.1) is 0 Å². The number of carbonyl (C=O) groups is 1. The van der Waals surface area contributed by atoms with E-state index in [-0.39, 0.29) is 16.3 Å². The number of methoxy groups -OCH3 is 1. The van der Waals surface area contributed by atoms with E-state index < -0.39 is 5.97 Å². The largest absolute Gasteiger partial charge is 0.465 e. The first-order valence-corrected chi connectivity index (χ1v) is 4.55. The molecular formula is C11H7ClN2O2. The Labute approximate surface area is 97.6 Å². The van der Waals surface area contributed by atoms with Crippen molar-refractivity contribution < 1.29 is 9.53 Å². The van der Waals surface area contributed by atoms with E-state index in [0.29, 0.717) is 5.56 Å². The Kier molecular flexibility index (Phi) is 3.77. The number of anilines is 1. The zero-order chi connectivity index (χ0) is 12.1. The average Bonchev–Trinajstić information content (AvgIpc) is 2.27. The van der Waals surface area contributed by atoms with Gasteiger partial charge in [0.25, 0.3) is 0 Å². The molecule has 80 valence electrons. The second kappa shape index (κ2) is 5.06. The van der Waals surface area contributed by atoms with Crippen LogP contribution < -0.4 is 5.73 Å². The Morgan fingerprint density at radius 2 is 2.25 bits per heavy atom. The smallest absolute Gasteiger partial charge is 0.340 e. The first-order valence-electron chi connectivity index (χ1n) is 4.17. The molecule has 0 aliphatic heterocycles. The number of hydrogen-bond acceptors (Lipinski definition) is 4. The Balaban J connectivity index is 3.33. The fourth-order valence-electron chi connectivity index (χ4n) is 1.07. The van der Waals surface area contributed by atoms with Crippen LogP contribution in [0.5, 0.6) is 0 Å². The van der Waals surface area contributed by atoms with E-state index in [9.17, 15) is 4.79 Å². The lowest BCUT2D eigenvalue weighted by atomic mass is 10.1. The maximum Gasteiger partial charge on any atom is 0.340 e. The quantitative estimate of drug-likeness (QED) is 0.455. The number of carbonyl (C=O) groups excluding carboxylic acids is 1. The summed E-state index contributed by atoms with van der Waals surface area (Å²) in [5.74, 6) is 4.12. The molecule has 16 heavy (non-hydrogen) atoms. The first-order chi connectivity index (χ1) is 7.60. The van der Waals surface area contributed by atoms with Crippen molar-refractivity contribution in [3.05, 3.63) is 28.3 Å². The van der Waals surface area contributed by atoms with Gasteiger partial charge in [0, 0.05) is 17.2 Å². The summed E-state index contributed by atoms with van der Waals surface area (Å²) in [7, 11) is 1.25. The molecule has 1 aromatic rings. The van der Waals surface area contributed by atoms with Gasteiger partial charge in [-0.3, -0.25) is 0 Å². The number of hydrogen-bond donors (Lipinski definition) is 1. The van der Waals surface area contributed by atoms with E-state index in [1.165, 1.54) is 19.2 Å². The molecule has 0 bridgehead atoms. The van der Waals surface area contributed by atoms with Crippen LogP contribution in [-0.2, 0) is 4.74 Å². The lowest BCUT2D eigenvalue weighted by Gasteiger charge is -2.05. The molecule has 0 aliphatic carbocycles. The van der Waals surface area contributed by atoms with Gasteiger partial charge in [0.1, 0.15) is 0 Å². The van der Waals surface area contributed by atoms with Crippen LogP contribution in [0.2, 0.25) is 5.02 Å². The molecule has 0 radical (unpaired) electrons. The molecule has 1 aromatic carbocycles. The van der Waals surface area contributed by atoms with Crippen molar-refractivity contribution in [3.63, 3.8) is 0 Å². The summed E-state index contributed by atoms with van der Waals surface area (Å²) >= 11 is 5.84. The number of benzene rings is 1. The molecule has 0 aromatic heterocycles. The van der Waals surface area contributed by atoms with Gasteiger partial charge in [-0.25, -0.2) is 4.79 Å². The second-order valence-corrected chi connectivity index (χ2v) is 3.18. The van der Waals surface area contributed by atoms with E-state index in [1.807, 2.05) is 0 Å². The Bertz CT molecular complexity index is 535. The summed E-state index contributed by atoms with van der Waals surface area (Å²) in [6.45, 7) is 0. The average molecular weight is 235 g/mol. The van der Waals surface area contributed by atoms with E-state index in [1.54, 1.807) is 6.07 Å². The van der Waals surface area contributed by atoms with E-state index in [4.69, 9.17) is 22.6 Å². The minimum atomic E-state index is -0.575. The van der Waals surface area contributed by atoms with Crippen LogP contribution in [0, 0.1) is 23.2 Å². The van der Waals surface area contributed by atoms with Crippen LogP contribution in [0.3, 0.4) is 0 Å². The number of nitrogens with two attached hydrogens (primary N) is 1. The number of nitrogen functional groups attached to an aromatic ring is 1. The van der Waals surface area contributed by atoms with Gasteiger partial charge in [0.15, 0.2) is 6.07 Å². The van der Waals surface area contributed by atoms with Gasteiger partial charge in [0.05, 0.1) is 17.7 Å². The second-order valence-electron chi connectivity index (χ2n) is 2.77. The molecule has 2 N–H and O–H groups in total. The SMILES string of the molecule is COC(=O)c1cc(C#CC#N)c(Cl)cc1N. The normalized spacial score (nSPS) is 8.56. The van der Waals surface area contributed by atoms with Crippen LogP contribution in [0.25, 0.3) is 0 Å². The van der Waals surface area contributed by atoms with Crippen molar-refractivity contribution in [1.29, 1.82) is 5.26 Å². The van der Waals surface area contributed by atoms with Gasteiger partial charge in [0.2, 0.25) is 0 Å². The minimum absolute atomic E-state index is 0.175. The van der Waals surface area contributed by atoms with E-state index >= 15 is 0 Å². The molecule has 1 rings (SSSR count). The number of rotatable bonds is 1. The van der Waals surface area contributed by atoms with Crippen LogP contribution >= 0.6 is 11.6 Å². The minimum Gasteiger partial charge on any atom is -0.465 e. The zero-order valence-corrected chi connectivity index (χ0v) is 9.13. The summed E-state index contributed by atoms with van der Waals surface area (Å²) in [6.07, 6.45) is 0. The van der Waals surface area contributed by atoms with Crippen molar-refractivity contribution in [2.45, 2.75) is 0 Å². The number of esters is 1. The highest BCUT2D eigenvalue weighted by molar-refractivity contribution is 6.32.